The normalized spacial score (nSPS) is 19.7. The van der Waals surface area contributed by atoms with Crippen molar-refractivity contribution in [2.75, 3.05) is 6.54 Å². The number of thiophene rings is 1. The molecule has 0 aliphatic carbocycles. The number of furan rings is 1. The predicted octanol–water partition coefficient (Wildman–Crippen LogP) is 3.82. The van der Waals surface area contributed by atoms with Gasteiger partial charge < -0.3 is 14.6 Å². The monoisotopic (exact) mass is 304 g/mol. The third-order valence-electron chi connectivity index (χ3n) is 3.84. The topological polar surface area (TPSA) is 45.5 Å². The first-order valence-electron chi connectivity index (χ1n) is 7.37. The number of carbonyl (C=O) groups is 1. The van der Waals surface area contributed by atoms with Crippen LogP contribution in [0.4, 0.5) is 4.79 Å². The SMILES string of the molecule is CC(Cc1ccco1)NC(=O)N1CCCC1c1cccs1. The molecule has 3 heterocycles. The maximum Gasteiger partial charge on any atom is 0.318 e. The molecule has 4 nitrogen and oxygen atoms in total. The average molecular weight is 304 g/mol. The van der Waals surface area contributed by atoms with Gasteiger partial charge in [-0.3, -0.25) is 0 Å². The minimum absolute atomic E-state index is 0.0324. The highest BCUT2D eigenvalue weighted by molar-refractivity contribution is 7.10. The quantitative estimate of drug-likeness (QED) is 0.933. The van der Waals surface area contributed by atoms with Gasteiger partial charge in [-0.05, 0) is 43.3 Å². The van der Waals surface area contributed by atoms with Crippen LogP contribution in [0.25, 0.3) is 0 Å². The van der Waals surface area contributed by atoms with Crippen LogP contribution in [-0.2, 0) is 6.42 Å². The maximum atomic E-state index is 12.5. The minimum Gasteiger partial charge on any atom is -0.469 e. The molecule has 1 fully saturated rings. The molecule has 1 N–H and O–H groups in total. The van der Waals surface area contributed by atoms with Gasteiger partial charge in [-0.2, -0.15) is 0 Å². The lowest BCUT2D eigenvalue weighted by Crippen LogP contribution is -2.44. The van der Waals surface area contributed by atoms with Crippen LogP contribution in [0.3, 0.4) is 0 Å². The van der Waals surface area contributed by atoms with E-state index in [9.17, 15) is 4.79 Å². The number of rotatable bonds is 4. The molecule has 0 saturated carbocycles. The number of nitrogens with zero attached hydrogens (tertiary/aromatic N) is 1. The Hall–Kier alpha value is -1.75. The summed E-state index contributed by atoms with van der Waals surface area (Å²) in [6, 6.07) is 8.31. The smallest absolute Gasteiger partial charge is 0.318 e. The molecule has 0 bridgehead atoms. The van der Waals surface area contributed by atoms with Gasteiger partial charge in [0, 0.05) is 23.9 Å². The molecule has 0 aromatic carbocycles. The Morgan fingerprint density at radius 1 is 1.52 bits per heavy atom. The van der Waals surface area contributed by atoms with Crippen molar-refractivity contribution < 1.29 is 9.21 Å². The van der Waals surface area contributed by atoms with E-state index in [2.05, 4.69) is 16.8 Å². The van der Waals surface area contributed by atoms with Gasteiger partial charge in [0.2, 0.25) is 0 Å². The van der Waals surface area contributed by atoms with Crippen LogP contribution in [0, 0.1) is 0 Å². The van der Waals surface area contributed by atoms with Crippen molar-refractivity contribution in [2.24, 2.45) is 0 Å². The molecule has 3 rings (SSSR count). The molecule has 1 aliphatic rings. The summed E-state index contributed by atoms with van der Waals surface area (Å²) in [6.45, 7) is 2.85. The second-order valence-corrected chi connectivity index (χ2v) is 6.48. The fourth-order valence-electron chi connectivity index (χ4n) is 2.86. The van der Waals surface area contributed by atoms with Gasteiger partial charge in [-0.15, -0.1) is 11.3 Å². The molecular weight excluding hydrogens is 284 g/mol. The largest absolute Gasteiger partial charge is 0.469 e. The van der Waals surface area contributed by atoms with Gasteiger partial charge in [-0.25, -0.2) is 4.79 Å². The van der Waals surface area contributed by atoms with E-state index in [1.807, 2.05) is 30.0 Å². The minimum atomic E-state index is 0.0324. The van der Waals surface area contributed by atoms with Crippen LogP contribution in [0.15, 0.2) is 40.3 Å². The predicted molar refractivity (Wildman–Crippen MR) is 83.4 cm³/mol. The van der Waals surface area contributed by atoms with Gasteiger partial charge in [0.05, 0.1) is 12.3 Å². The first-order chi connectivity index (χ1) is 10.2. The Morgan fingerprint density at radius 2 is 2.43 bits per heavy atom. The third-order valence-corrected chi connectivity index (χ3v) is 4.82. The molecule has 2 unspecified atom stereocenters. The first kappa shape index (κ1) is 14.2. The molecule has 2 aromatic rings. The summed E-state index contributed by atoms with van der Waals surface area (Å²) in [5.41, 5.74) is 0. The van der Waals surface area contributed by atoms with Crippen molar-refractivity contribution in [1.82, 2.24) is 10.2 Å². The standard InChI is InChI=1S/C16H20N2O2S/c1-12(11-13-5-3-9-20-13)17-16(19)18-8-2-6-14(18)15-7-4-10-21-15/h3-5,7,9-10,12,14H,2,6,8,11H2,1H3,(H,17,19). The molecule has 2 aromatic heterocycles. The zero-order valence-electron chi connectivity index (χ0n) is 12.1. The zero-order chi connectivity index (χ0) is 14.7. The molecule has 2 atom stereocenters. The number of urea groups is 1. The van der Waals surface area contributed by atoms with Crippen molar-refractivity contribution in [3.63, 3.8) is 0 Å². The number of carbonyl (C=O) groups excluding carboxylic acids is 1. The number of amides is 2. The molecule has 21 heavy (non-hydrogen) atoms. The maximum absolute atomic E-state index is 12.5. The lowest BCUT2D eigenvalue weighted by Gasteiger charge is -2.26. The Bertz CT molecular complexity index is 565. The zero-order valence-corrected chi connectivity index (χ0v) is 12.9. The molecule has 2 amide bonds. The van der Waals surface area contributed by atoms with Crippen LogP contribution in [0.1, 0.15) is 36.4 Å². The Labute approximate surface area is 128 Å². The number of nitrogens with one attached hydrogen (secondary N) is 1. The highest BCUT2D eigenvalue weighted by Gasteiger charge is 2.31. The highest BCUT2D eigenvalue weighted by atomic mass is 32.1. The summed E-state index contributed by atoms with van der Waals surface area (Å²) in [7, 11) is 0. The molecule has 0 spiro atoms. The van der Waals surface area contributed by atoms with Gasteiger partial charge in [0.15, 0.2) is 0 Å². The van der Waals surface area contributed by atoms with Crippen molar-refractivity contribution >= 4 is 17.4 Å². The van der Waals surface area contributed by atoms with E-state index < -0.39 is 0 Å². The Balaban J connectivity index is 1.59. The van der Waals surface area contributed by atoms with E-state index in [-0.39, 0.29) is 18.1 Å². The molecule has 112 valence electrons. The van der Waals surface area contributed by atoms with E-state index in [1.165, 1.54) is 4.88 Å². The first-order valence-corrected chi connectivity index (χ1v) is 8.25. The van der Waals surface area contributed by atoms with Crippen LogP contribution >= 0.6 is 11.3 Å². The van der Waals surface area contributed by atoms with Crippen molar-refractivity contribution in [1.29, 1.82) is 0 Å². The van der Waals surface area contributed by atoms with Gasteiger partial charge >= 0.3 is 6.03 Å². The van der Waals surface area contributed by atoms with E-state index in [1.54, 1.807) is 17.6 Å². The summed E-state index contributed by atoms with van der Waals surface area (Å²) >= 11 is 1.73. The van der Waals surface area contributed by atoms with Crippen LogP contribution in [0.5, 0.6) is 0 Å². The molecular formula is C16H20N2O2S. The van der Waals surface area contributed by atoms with Crippen molar-refractivity contribution in [3.8, 4) is 0 Å². The van der Waals surface area contributed by atoms with Crippen LogP contribution in [-0.4, -0.2) is 23.5 Å². The summed E-state index contributed by atoms with van der Waals surface area (Å²) in [4.78, 5) is 15.7. The van der Waals surface area contributed by atoms with Crippen molar-refractivity contribution in [2.45, 2.75) is 38.3 Å². The molecule has 1 aliphatic heterocycles. The van der Waals surface area contributed by atoms with Gasteiger partial charge in [-0.1, -0.05) is 6.07 Å². The third kappa shape index (κ3) is 3.29. The highest BCUT2D eigenvalue weighted by Crippen LogP contribution is 2.34. The van der Waals surface area contributed by atoms with E-state index >= 15 is 0 Å². The second kappa shape index (κ2) is 6.35. The number of hydrogen-bond acceptors (Lipinski definition) is 3. The van der Waals surface area contributed by atoms with Crippen molar-refractivity contribution in [3.05, 3.63) is 46.5 Å². The van der Waals surface area contributed by atoms with E-state index in [0.29, 0.717) is 0 Å². The molecule has 0 radical (unpaired) electrons. The summed E-state index contributed by atoms with van der Waals surface area (Å²) in [6.07, 6.45) is 4.51. The average Bonchev–Trinajstić information content (AvgIpc) is 3.20. The van der Waals surface area contributed by atoms with Crippen LogP contribution in [0.2, 0.25) is 0 Å². The number of likely N-dealkylation sites (tertiary alicyclic amines) is 1. The van der Waals surface area contributed by atoms with Gasteiger partial charge in [0.1, 0.15) is 5.76 Å². The lowest BCUT2D eigenvalue weighted by molar-refractivity contribution is 0.190. The van der Waals surface area contributed by atoms with Crippen LogP contribution < -0.4 is 5.32 Å². The Morgan fingerprint density at radius 3 is 3.14 bits per heavy atom. The summed E-state index contributed by atoms with van der Waals surface area (Å²) < 4.78 is 5.33. The fraction of sp³-hybridized carbons (Fsp3) is 0.438. The number of hydrogen-bond donors (Lipinski definition) is 1. The van der Waals surface area contributed by atoms with E-state index in [4.69, 9.17) is 4.42 Å². The second-order valence-electron chi connectivity index (χ2n) is 5.50. The summed E-state index contributed by atoms with van der Waals surface area (Å²) in [5.74, 6) is 0.902. The fourth-order valence-corrected chi connectivity index (χ4v) is 3.74. The van der Waals surface area contributed by atoms with Gasteiger partial charge in [0.25, 0.3) is 0 Å². The lowest BCUT2D eigenvalue weighted by atomic mass is 10.2. The van der Waals surface area contributed by atoms with E-state index in [0.717, 1.165) is 31.6 Å². The molecule has 5 heteroatoms. The summed E-state index contributed by atoms with van der Waals surface area (Å²) in [5, 5.41) is 5.16. The Kier molecular flexibility index (Phi) is 4.29. The molecule has 1 saturated heterocycles.